The minimum atomic E-state index is -0.844. The Kier molecular flexibility index (Phi) is 14.7. The summed E-state index contributed by atoms with van der Waals surface area (Å²) in [6, 6.07) is 0. The number of likely N-dealkylation sites (N-methyl/N-ethyl adjacent to an activating group) is 2. The third-order valence-corrected chi connectivity index (χ3v) is 3.44. The summed E-state index contributed by atoms with van der Waals surface area (Å²) in [5.74, 6) is -0.844. The number of hydroxylamine groups is 1. The van der Waals surface area contributed by atoms with Crippen molar-refractivity contribution in [1.29, 1.82) is 0 Å². The van der Waals surface area contributed by atoms with Crippen LogP contribution >= 0.6 is 0 Å². The molecular weight excluding hydrogens is 370 g/mol. The number of rotatable bonds is 16. The second-order valence-electron chi connectivity index (χ2n) is 7.43. The van der Waals surface area contributed by atoms with Crippen molar-refractivity contribution in [3.05, 3.63) is 0 Å². The molecule has 0 aromatic heterocycles. The second-order valence-corrected chi connectivity index (χ2v) is 7.43. The summed E-state index contributed by atoms with van der Waals surface area (Å²) in [5.41, 5.74) is 1.65. The molecule has 0 aliphatic carbocycles. The zero-order valence-corrected chi connectivity index (χ0v) is 17.9. The number of ether oxygens (including phenoxy) is 3. The zero-order chi connectivity index (χ0) is 21.4. The molecule has 10 nitrogen and oxygen atoms in total. The maximum atomic E-state index is 11.3. The fourth-order valence-electron chi connectivity index (χ4n) is 1.88. The lowest BCUT2D eigenvalue weighted by atomic mass is 10.2. The van der Waals surface area contributed by atoms with Crippen LogP contribution in [0.25, 0.3) is 0 Å². The van der Waals surface area contributed by atoms with Gasteiger partial charge in [0.1, 0.15) is 5.60 Å². The summed E-state index contributed by atoms with van der Waals surface area (Å²) >= 11 is 0. The van der Waals surface area contributed by atoms with E-state index < -0.39 is 17.7 Å². The molecule has 0 rings (SSSR count). The molecule has 0 saturated carbocycles. The monoisotopic (exact) mass is 407 g/mol. The van der Waals surface area contributed by atoms with Gasteiger partial charge in [0.05, 0.1) is 39.5 Å². The number of carbonyl (C=O) groups excluding carboxylic acids is 1. The molecule has 28 heavy (non-hydrogen) atoms. The number of carboxylic acids is 1. The van der Waals surface area contributed by atoms with Gasteiger partial charge in [-0.25, -0.2) is 4.79 Å². The van der Waals surface area contributed by atoms with Gasteiger partial charge < -0.3 is 29.1 Å². The van der Waals surface area contributed by atoms with Gasteiger partial charge in [0.15, 0.2) is 0 Å². The topological polar surface area (TPSA) is 110 Å². The van der Waals surface area contributed by atoms with Crippen LogP contribution in [0.1, 0.15) is 27.2 Å². The van der Waals surface area contributed by atoms with E-state index in [1.165, 1.54) is 0 Å². The third-order valence-electron chi connectivity index (χ3n) is 3.44. The van der Waals surface area contributed by atoms with E-state index in [1.807, 2.05) is 14.1 Å². The highest BCUT2D eigenvalue weighted by molar-refractivity contribution is 5.66. The van der Waals surface area contributed by atoms with Gasteiger partial charge in [-0.3, -0.25) is 9.63 Å². The van der Waals surface area contributed by atoms with Crippen molar-refractivity contribution in [2.45, 2.75) is 32.8 Å². The van der Waals surface area contributed by atoms with Crippen molar-refractivity contribution < 1.29 is 33.7 Å². The van der Waals surface area contributed by atoms with Crippen molar-refractivity contribution >= 4 is 12.1 Å². The lowest BCUT2D eigenvalue weighted by Gasteiger charge is -2.22. The predicted octanol–water partition coefficient (Wildman–Crippen LogP) is 0.814. The molecule has 166 valence electrons. The van der Waals surface area contributed by atoms with Crippen LogP contribution in [0.5, 0.6) is 0 Å². The summed E-state index contributed by atoms with van der Waals surface area (Å²) in [4.78, 5) is 31.0. The number of carboxylic acid groups (broad SMARTS) is 1. The highest BCUT2D eigenvalue weighted by Crippen LogP contribution is 2.06. The Morgan fingerprint density at radius 2 is 1.39 bits per heavy atom. The maximum absolute atomic E-state index is 11.3. The largest absolute Gasteiger partial charge is 0.481 e. The molecule has 10 heteroatoms. The Hall–Kier alpha value is -1.46. The average molecular weight is 408 g/mol. The Labute approximate surface area is 168 Å². The van der Waals surface area contributed by atoms with Crippen LogP contribution in [0, 0.1) is 0 Å². The van der Waals surface area contributed by atoms with E-state index in [9.17, 15) is 9.59 Å². The first-order chi connectivity index (χ1) is 13.1. The summed E-state index contributed by atoms with van der Waals surface area (Å²) in [7, 11) is 4.01. The van der Waals surface area contributed by atoms with Crippen LogP contribution in [-0.2, 0) is 23.8 Å². The Morgan fingerprint density at radius 1 is 0.857 bits per heavy atom. The van der Waals surface area contributed by atoms with Crippen molar-refractivity contribution in [1.82, 2.24) is 15.3 Å². The molecular formula is C18H37N3O7. The molecule has 0 saturated heterocycles. The molecule has 0 bridgehead atoms. The van der Waals surface area contributed by atoms with Gasteiger partial charge in [-0.05, 0) is 34.9 Å². The van der Waals surface area contributed by atoms with Crippen LogP contribution < -0.4 is 5.48 Å². The first-order valence-corrected chi connectivity index (χ1v) is 9.45. The van der Waals surface area contributed by atoms with Crippen molar-refractivity contribution in [3.8, 4) is 0 Å². The van der Waals surface area contributed by atoms with Gasteiger partial charge in [-0.15, -0.1) is 0 Å². The van der Waals surface area contributed by atoms with Crippen molar-refractivity contribution in [2.24, 2.45) is 0 Å². The highest BCUT2D eigenvalue weighted by atomic mass is 16.7. The molecule has 0 fully saturated rings. The van der Waals surface area contributed by atoms with Gasteiger partial charge in [-0.1, -0.05) is 0 Å². The SMILES string of the molecule is CN(CCOCCONC(=O)OC(C)(C)C)CCN(C)CCOCCC(=O)O. The van der Waals surface area contributed by atoms with E-state index in [2.05, 4.69) is 15.3 Å². The molecule has 0 aliphatic heterocycles. The lowest BCUT2D eigenvalue weighted by molar-refractivity contribution is -0.138. The molecule has 0 spiro atoms. The van der Waals surface area contributed by atoms with E-state index in [1.54, 1.807) is 20.8 Å². The number of nitrogens with one attached hydrogen (secondary N) is 1. The summed E-state index contributed by atoms with van der Waals surface area (Å²) in [6.07, 6.45) is -0.585. The first-order valence-electron chi connectivity index (χ1n) is 9.45. The van der Waals surface area contributed by atoms with Gasteiger partial charge in [0.25, 0.3) is 0 Å². The van der Waals surface area contributed by atoms with Crippen LogP contribution in [0.4, 0.5) is 4.79 Å². The standard InChI is InChI=1S/C18H37N3O7/c1-18(2,3)28-17(24)19-27-15-14-26-13-10-21(5)8-7-20(4)9-12-25-11-6-16(22)23/h6-15H2,1-5H3,(H,19,24)(H,22,23). The van der Waals surface area contributed by atoms with E-state index >= 15 is 0 Å². The molecule has 2 N–H and O–H groups in total. The molecule has 0 unspecified atom stereocenters. The van der Waals surface area contributed by atoms with E-state index in [0.717, 1.165) is 26.2 Å². The smallest absolute Gasteiger partial charge is 0.431 e. The second kappa shape index (κ2) is 15.5. The van der Waals surface area contributed by atoms with Gasteiger partial charge in [0, 0.05) is 26.2 Å². The van der Waals surface area contributed by atoms with E-state index in [-0.39, 0.29) is 19.6 Å². The van der Waals surface area contributed by atoms with Crippen LogP contribution in [0.3, 0.4) is 0 Å². The number of hydrogen-bond acceptors (Lipinski definition) is 8. The Bertz CT molecular complexity index is 430. The zero-order valence-electron chi connectivity index (χ0n) is 17.9. The number of carbonyl (C=O) groups is 2. The Morgan fingerprint density at radius 3 is 1.89 bits per heavy atom. The molecule has 0 radical (unpaired) electrons. The Balaban J connectivity index is 3.48. The molecule has 0 aliphatic rings. The van der Waals surface area contributed by atoms with E-state index in [0.29, 0.717) is 19.8 Å². The summed E-state index contributed by atoms with van der Waals surface area (Å²) < 4.78 is 15.8. The maximum Gasteiger partial charge on any atom is 0.431 e. The van der Waals surface area contributed by atoms with E-state index in [4.69, 9.17) is 24.2 Å². The van der Waals surface area contributed by atoms with Crippen LogP contribution in [0.2, 0.25) is 0 Å². The third kappa shape index (κ3) is 19.3. The minimum Gasteiger partial charge on any atom is -0.481 e. The summed E-state index contributed by atoms with van der Waals surface area (Å²) in [5, 5.41) is 8.52. The molecule has 0 atom stereocenters. The van der Waals surface area contributed by atoms with Crippen molar-refractivity contribution in [3.63, 3.8) is 0 Å². The van der Waals surface area contributed by atoms with Gasteiger partial charge >= 0.3 is 12.1 Å². The predicted molar refractivity (Wildman–Crippen MR) is 104 cm³/mol. The molecule has 0 aromatic carbocycles. The highest BCUT2D eigenvalue weighted by Gasteiger charge is 2.15. The summed E-state index contributed by atoms with van der Waals surface area (Å²) in [6.45, 7) is 10.6. The normalized spacial score (nSPS) is 11.8. The number of amides is 1. The number of hydrogen-bond donors (Lipinski definition) is 2. The molecule has 1 amide bonds. The average Bonchev–Trinajstić information content (AvgIpc) is 2.57. The number of aliphatic carboxylic acids is 1. The van der Waals surface area contributed by atoms with Crippen LogP contribution in [0.15, 0.2) is 0 Å². The quantitative estimate of drug-likeness (QED) is 0.284. The minimum absolute atomic E-state index is 0.0363. The molecule has 0 heterocycles. The fourth-order valence-corrected chi connectivity index (χ4v) is 1.88. The van der Waals surface area contributed by atoms with Gasteiger partial charge in [-0.2, -0.15) is 5.48 Å². The number of nitrogens with zero attached hydrogens (tertiary/aromatic N) is 2. The van der Waals surface area contributed by atoms with Crippen molar-refractivity contribution in [2.75, 3.05) is 73.3 Å². The molecule has 0 aromatic rings. The first kappa shape index (κ1) is 26.5. The van der Waals surface area contributed by atoms with Gasteiger partial charge in [0.2, 0.25) is 0 Å². The fraction of sp³-hybridized carbons (Fsp3) is 0.889. The van der Waals surface area contributed by atoms with Crippen LogP contribution in [-0.4, -0.2) is 106 Å². The lowest BCUT2D eigenvalue weighted by Crippen LogP contribution is -2.34.